The monoisotopic (exact) mass is 400 g/mol. The van der Waals surface area contributed by atoms with E-state index in [1.165, 1.54) is 24.4 Å². The number of benzene rings is 2. The molecule has 25 heavy (non-hydrogen) atoms. The van der Waals surface area contributed by atoms with E-state index >= 15 is 0 Å². The fourth-order valence-electron chi connectivity index (χ4n) is 1.81. The quantitative estimate of drug-likeness (QED) is 0.554. The number of halogens is 2. The van der Waals surface area contributed by atoms with Crippen LogP contribution in [0.5, 0.6) is 5.75 Å². The third-order valence-corrected chi connectivity index (χ3v) is 4.99. The molecule has 1 N–H and O–H groups in total. The highest BCUT2D eigenvalue weighted by molar-refractivity contribution is 7.89. The van der Waals surface area contributed by atoms with Crippen molar-refractivity contribution in [2.45, 2.75) is 18.7 Å². The number of rotatable bonds is 7. The lowest BCUT2D eigenvalue weighted by Gasteiger charge is -2.08. The van der Waals surface area contributed by atoms with Crippen molar-refractivity contribution in [1.29, 1.82) is 0 Å². The average Bonchev–Trinajstić information content (AvgIpc) is 2.55. The minimum absolute atomic E-state index is 0.0203. The van der Waals surface area contributed by atoms with Gasteiger partial charge in [0.25, 0.3) is 10.0 Å². The van der Waals surface area contributed by atoms with Gasteiger partial charge in [-0.3, -0.25) is 0 Å². The molecule has 0 saturated heterocycles. The van der Waals surface area contributed by atoms with Gasteiger partial charge in [-0.05, 0) is 41.8 Å². The van der Waals surface area contributed by atoms with Crippen molar-refractivity contribution in [2.75, 3.05) is 6.61 Å². The maximum atomic E-state index is 12.2. The Labute approximate surface area is 157 Å². The summed E-state index contributed by atoms with van der Waals surface area (Å²) in [6, 6.07) is 11.2. The van der Waals surface area contributed by atoms with Crippen molar-refractivity contribution in [2.24, 2.45) is 11.0 Å². The lowest BCUT2D eigenvalue weighted by molar-refractivity contribution is 0.271. The second kappa shape index (κ2) is 8.56. The summed E-state index contributed by atoms with van der Waals surface area (Å²) in [6.07, 6.45) is 1.40. The number of nitrogens with zero attached hydrogens (tertiary/aromatic N) is 1. The van der Waals surface area contributed by atoms with Crippen LogP contribution in [0.1, 0.15) is 19.4 Å². The van der Waals surface area contributed by atoms with E-state index in [9.17, 15) is 8.42 Å². The van der Waals surface area contributed by atoms with E-state index in [1.54, 1.807) is 12.1 Å². The lowest BCUT2D eigenvalue weighted by Crippen LogP contribution is -2.18. The number of nitrogens with one attached hydrogen (secondary N) is 1. The first-order valence-corrected chi connectivity index (χ1v) is 9.74. The molecule has 0 aliphatic rings. The second-order valence-electron chi connectivity index (χ2n) is 5.71. The van der Waals surface area contributed by atoms with E-state index in [4.69, 9.17) is 27.9 Å². The molecule has 0 aliphatic carbocycles. The number of ether oxygens (including phenoxy) is 1. The molecule has 0 atom stereocenters. The van der Waals surface area contributed by atoms with Crippen LogP contribution >= 0.6 is 23.2 Å². The molecule has 0 aliphatic heterocycles. The van der Waals surface area contributed by atoms with E-state index in [2.05, 4.69) is 23.8 Å². The molecule has 0 saturated carbocycles. The van der Waals surface area contributed by atoms with E-state index in [1.807, 2.05) is 12.1 Å². The number of sulfonamides is 1. The van der Waals surface area contributed by atoms with Crippen LogP contribution in [0.25, 0.3) is 0 Å². The average molecular weight is 401 g/mol. The standard InChI is InChI=1S/C17H18Cl2N2O3S/c1-12(2)11-24-14-5-3-4-13(8-14)10-20-21-25(22,23)15-6-7-16(18)17(19)9-15/h3-10,12,21H,11H2,1-2H3/b20-10+. The molecule has 2 aromatic rings. The molecule has 0 bridgehead atoms. The van der Waals surface area contributed by atoms with E-state index in [0.717, 1.165) is 0 Å². The first kappa shape index (κ1) is 19.6. The maximum absolute atomic E-state index is 12.2. The number of hydrazone groups is 1. The van der Waals surface area contributed by atoms with Gasteiger partial charge in [0.2, 0.25) is 0 Å². The maximum Gasteiger partial charge on any atom is 0.276 e. The Morgan fingerprint density at radius 2 is 1.92 bits per heavy atom. The fraction of sp³-hybridized carbons (Fsp3) is 0.235. The summed E-state index contributed by atoms with van der Waals surface area (Å²) in [5.74, 6) is 1.11. The van der Waals surface area contributed by atoms with Crippen LogP contribution in [0.15, 0.2) is 52.5 Å². The first-order chi connectivity index (χ1) is 11.8. The minimum atomic E-state index is -3.82. The van der Waals surface area contributed by atoms with Crippen LogP contribution in [0.3, 0.4) is 0 Å². The van der Waals surface area contributed by atoms with Gasteiger partial charge >= 0.3 is 0 Å². The zero-order chi connectivity index (χ0) is 18.4. The third kappa shape index (κ3) is 5.92. The van der Waals surface area contributed by atoms with Crippen LogP contribution in [-0.4, -0.2) is 21.2 Å². The summed E-state index contributed by atoms with van der Waals surface area (Å²) in [5, 5.41) is 4.22. The molecule has 5 nitrogen and oxygen atoms in total. The third-order valence-electron chi connectivity index (χ3n) is 3.03. The van der Waals surface area contributed by atoms with Gasteiger partial charge in [-0.25, -0.2) is 4.83 Å². The smallest absolute Gasteiger partial charge is 0.276 e. The Bertz CT molecular complexity index is 868. The predicted molar refractivity (Wildman–Crippen MR) is 101 cm³/mol. The lowest BCUT2D eigenvalue weighted by atomic mass is 10.2. The zero-order valence-electron chi connectivity index (χ0n) is 13.7. The highest BCUT2D eigenvalue weighted by atomic mass is 35.5. The van der Waals surface area contributed by atoms with Gasteiger partial charge in [0.1, 0.15) is 5.75 Å². The zero-order valence-corrected chi connectivity index (χ0v) is 16.1. The summed E-state index contributed by atoms with van der Waals surface area (Å²) in [4.78, 5) is 2.12. The molecule has 0 amide bonds. The summed E-state index contributed by atoms with van der Waals surface area (Å²) in [6.45, 7) is 4.72. The number of hydrogen-bond donors (Lipinski definition) is 1. The van der Waals surface area contributed by atoms with Crippen LogP contribution in [-0.2, 0) is 10.0 Å². The van der Waals surface area contributed by atoms with Crippen LogP contribution in [0.4, 0.5) is 0 Å². The topological polar surface area (TPSA) is 67.8 Å². The Morgan fingerprint density at radius 3 is 2.60 bits per heavy atom. The Kier molecular flexibility index (Phi) is 6.70. The van der Waals surface area contributed by atoms with Crippen molar-refractivity contribution in [3.05, 3.63) is 58.1 Å². The molecule has 2 aromatic carbocycles. The SMILES string of the molecule is CC(C)COc1cccc(/C=N/NS(=O)(=O)c2ccc(Cl)c(Cl)c2)c1. The summed E-state index contributed by atoms with van der Waals surface area (Å²) in [7, 11) is -3.82. The van der Waals surface area contributed by atoms with E-state index in [0.29, 0.717) is 23.8 Å². The van der Waals surface area contributed by atoms with Crippen LogP contribution < -0.4 is 9.57 Å². The highest BCUT2D eigenvalue weighted by Gasteiger charge is 2.14. The van der Waals surface area contributed by atoms with Crippen molar-refractivity contribution in [1.82, 2.24) is 4.83 Å². The highest BCUT2D eigenvalue weighted by Crippen LogP contribution is 2.24. The van der Waals surface area contributed by atoms with Gasteiger partial charge < -0.3 is 4.74 Å². The Balaban J connectivity index is 2.06. The van der Waals surface area contributed by atoms with Gasteiger partial charge in [-0.1, -0.05) is 49.2 Å². The molecule has 2 rings (SSSR count). The fourth-order valence-corrected chi connectivity index (χ4v) is 2.99. The van der Waals surface area contributed by atoms with Gasteiger partial charge in [-0.2, -0.15) is 13.5 Å². The molecular weight excluding hydrogens is 383 g/mol. The van der Waals surface area contributed by atoms with E-state index < -0.39 is 10.0 Å². The number of hydrogen-bond acceptors (Lipinski definition) is 4. The molecule has 8 heteroatoms. The predicted octanol–water partition coefficient (Wildman–Crippen LogP) is 4.34. The normalized spacial score (nSPS) is 11.9. The summed E-state index contributed by atoms with van der Waals surface area (Å²) < 4.78 is 30.0. The van der Waals surface area contributed by atoms with Gasteiger partial charge in [-0.15, -0.1) is 0 Å². The molecule has 0 fully saturated rings. The molecule has 0 aromatic heterocycles. The molecule has 0 unspecified atom stereocenters. The Hall–Kier alpha value is -1.76. The van der Waals surface area contributed by atoms with Gasteiger partial charge in [0.15, 0.2) is 0 Å². The van der Waals surface area contributed by atoms with Crippen molar-refractivity contribution in [3.63, 3.8) is 0 Å². The van der Waals surface area contributed by atoms with E-state index in [-0.39, 0.29) is 14.9 Å². The van der Waals surface area contributed by atoms with Gasteiger partial charge in [0.05, 0.1) is 27.8 Å². The van der Waals surface area contributed by atoms with Crippen LogP contribution in [0.2, 0.25) is 10.0 Å². The van der Waals surface area contributed by atoms with Crippen molar-refractivity contribution in [3.8, 4) is 5.75 Å². The van der Waals surface area contributed by atoms with Gasteiger partial charge in [0, 0.05) is 0 Å². The van der Waals surface area contributed by atoms with Crippen LogP contribution in [0, 0.1) is 5.92 Å². The van der Waals surface area contributed by atoms with Crippen molar-refractivity contribution < 1.29 is 13.2 Å². The largest absolute Gasteiger partial charge is 0.493 e. The first-order valence-electron chi connectivity index (χ1n) is 7.51. The summed E-state index contributed by atoms with van der Waals surface area (Å²) >= 11 is 11.6. The molecule has 0 heterocycles. The molecular formula is C17H18Cl2N2O3S. The molecule has 134 valence electrons. The Morgan fingerprint density at radius 1 is 1.16 bits per heavy atom. The van der Waals surface area contributed by atoms with Crippen molar-refractivity contribution >= 4 is 39.4 Å². The molecule has 0 radical (unpaired) electrons. The molecule has 0 spiro atoms. The summed E-state index contributed by atoms with van der Waals surface area (Å²) in [5.41, 5.74) is 0.707. The second-order valence-corrected chi connectivity index (χ2v) is 8.18. The minimum Gasteiger partial charge on any atom is -0.493 e.